The Morgan fingerprint density at radius 3 is 2.45 bits per heavy atom. The van der Waals surface area contributed by atoms with Crippen LogP contribution in [0.3, 0.4) is 0 Å². The van der Waals surface area contributed by atoms with E-state index in [1.165, 1.54) is 38.0 Å². The molecule has 0 atom stereocenters. The third kappa shape index (κ3) is 2.60. The first-order chi connectivity index (χ1) is 5.38. The highest BCUT2D eigenvalue weighted by Crippen LogP contribution is 2.47. The Kier molecular flexibility index (Phi) is 4.15. The number of hydrogen-bond acceptors (Lipinski definition) is 0. The largest absolute Gasteiger partial charge is 0.0808 e. The Balaban J connectivity index is 2.48. The topological polar surface area (TPSA) is 0 Å². The van der Waals surface area contributed by atoms with Crippen molar-refractivity contribution in [2.75, 3.05) is 12.3 Å². The lowest BCUT2D eigenvalue weighted by molar-refractivity contribution is 0.721. The third-order valence-corrected chi connectivity index (χ3v) is 5.18. The second-order valence-corrected chi connectivity index (χ2v) is 6.03. The van der Waals surface area contributed by atoms with Crippen molar-refractivity contribution in [1.82, 2.24) is 0 Å². The number of hydrogen-bond donors (Lipinski definition) is 0. The van der Waals surface area contributed by atoms with Gasteiger partial charge in [0.2, 0.25) is 0 Å². The summed E-state index contributed by atoms with van der Waals surface area (Å²) in [6, 6.07) is 0. The predicted molar refractivity (Wildman–Crippen MR) is 54.6 cm³/mol. The number of rotatable bonds is 3. The van der Waals surface area contributed by atoms with E-state index in [0.717, 1.165) is 0 Å². The molecule has 0 aromatic heterocycles. The molecular formula is C10H19P. The molecule has 64 valence electrons. The van der Waals surface area contributed by atoms with Crippen molar-refractivity contribution in [2.24, 2.45) is 0 Å². The van der Waals surface area contributed by atoms with Crippen LogP contribution in [0, 0.1) is 0 Å². The van der Waals surface area contributed by atoms with Crippen molar-refractivity contribution < 1.29 is 0 Å². The van der Waals surface area contributed by atoms with Gasteiger partial charge in [-0.15, -0.1) is 0 Å². The summed E-state index contributed by atoms with van der Waals surface area (Å²) < 4.78 is 0. The fraction of sp³-hybridized carbons (Fsp3) is 0.800. The van der Waals surface area contributed by atoms with E-state index >= 15 is 0 Å². The van der Waals surface area contributed by atoms with E-state index < -0.39 is 0 Å². The smallest absolute Gasteiger partial charge is 0.0277 e. The zero-order valence-electron chi connectivity index (χ0n) is 7.77. The summed E-state index contributed by atoms with van der Waals surface area (Å²) in [6.07, 6.45) is 11.0. The quantitative estimate of drug-likeness (QED) is 0.562. The maximum absolute atomic E-state index is 2.52. The van der Waals surface area contributed by atoms with E-state index in [4.69, 9.17) is 0 Å². The summed E-state index contributed by atoms with van der Waals surface area (Å²) in [5, 5.41) is 1.82. The monoisotopic (exact) mass is 170 g/mol. The van der Waals surface area contributed by atoms with E-state index in [1.54, 1.807) is 0 Å². The van der Waals surface area contributed by atoms with Crippen molar-refractivity contribution in [3.8, 4) is 0 Å². The van der Waals surface area contributed by atoms with Crippen LogP contribution < -0.4 is 0 Å². The molecule has 1 heteroatoms. The van der Waals surface area contributed by atoms with E-state index in [1.807, 2.05) is 5.31 Å². The molecule has 0 radical (unpaired) electrons. The van der Waals surface area contributed by atoms with Gasteiger partial charge in [-0.05, 0) is 38.0 Å². The molecule has 0 unspecified atom stereocenters. The minimum absolute atomic E-state index is 0.287. The molecule has 0 fully saturated rings. The minimum Gasteiger partial charge on any atom is -0.0808 e. The van der Waals surface area contributed by atoms with Crippen LogP contribution in [0.5, 0.6) is 0 Å². The molecule has 1 aliphatic carbocycles. The van der Waals surface area contributed by atoms with Gasteiger partial charge in [0.15, 0.2) is 0 Å². The van der Waals surface area contributed by atoms with Gasteiger partial charge in [-0.3, -0.25) is 0 Å². The molecule has 0 aromatic rings. The van der Waals surface area contributed by atoms with Gasteiger partial charge in [0.05, 0.1) is 0 Å². The predicted octanol–water partition coefficient (Wildman–Crippen LogP) is 3.97. The van der Waals surface area contributed by atoms with Gasteiger partial charge in [0, 0.05) is 0 Å². The Labute approximate surface area is 71.8 Å². The molecule has 0 heterocycles. The first kappa shape index (κ1) is 9.26. The Bertz CT molecular complexity index is 134. The number of allylic oxidation sites excluding steroid dienone is 2. The van der Waals surface area contributed by atoms with Crippen LogP contribution in [0.25, 0.3) is 0 Å². The van der Waals surface area contributed by atoms with Crippen LogP contribution in [0.2, 0.25) is 0 Å². The van der Waals surface area contributed by atoms with E-state index in [-0.39, 0.29) is 7.92 Å². The second kappa shape index (κ2) is 4.93. The molecule has 0 spiro atoms. The summed E-state index contributed by atoms with van der Waals surface area (Å²) in [7, 11) is 0.287. The molecule has 0 aliphatic heterocycles. The summed E-state index contributed by atoms with van der Waals surface area (Å²) in [5.74, 6) is 0. The van der Waals surface area contributed by atoms with Crippen LogP contribution >= 0.6 is 7.92 Å². The molecule has 0 bridgehead atoms. The van der Waals surface area contributed by atoms with Gasteiger partial charge < -0.3 is 0 Å². The van der Waals surface area contributed by atoms with Crippen LogP contribution in [-0.2, 0) is 0 Å². The van der Waals surface area contributed by atoms with Gasteiger partial charge in [-0.2, -0.15) is 0 Å². The standard InChI is InChI=1S/C10H19P/c1-3-11(4-2)10-8-6-5-7-9-10/h8H,3-7,9H2,1-2H3. The fourth-order valence-corrected chi connectivity index (χ4v) is 3.86. The highest BCUT2D eigenvalue weighted by molar-refractivity contribution is 7.61. The minimum atomic E-state index is 0.287. The summed E-state index contributed by atoms with van der Waals surface area (Å²) in [4.78, 5) is 0. The fourth-order valence-electron chi connectivity index (χ4n) is 1.74. The van der Waals surface area contributed by atoms with Crippen LogP contribution in [0.15, 0.2) is 11.4 Å². The third-order valence-electron chi connectivity index (χ3n) is 2.44. The SMILES string of the molecule is CCP(CC)C1=CCCCC1. The highest BCUT2D eigenvalue weighted by Gasteiger charge is 2.11. The lowest BCUT2D eigenvalue weighted by atomic mass is 10.1. The van der Waals surface area contributed by atoms with Gasteiger partial charge in [-0.1, -0.05) is 33.2 Å². The maximum Gasteiger partial charge on any atom is -0.0277 e. The van der Waals surface area contributed by atoms with Crippen molar-refractivity contribution in [3.63, 3.8) is 0 Å². The van der Waals surface area contributed by atoms with Crippen LogP contribution in [0.4, 0.5) is 0 Å². The zero-order valence-corrected chi connectivity index (χ0v) is 8.66. The molecule has 0 saturated carbocycles. The van der Waals surface area contributed by atoms with Crippen molar-refractivity contribution in [2.45, 2.75) is 39.5 Å². The summed E-state index contributed by atoms with van der Waals surface area (Å²) >= 11 is 0. The average molecular weight is 170 g/mol. The molecule has 11 heavy (non-hydrogen) atoms. The van der Waals surface area contributed by atoms with Crippen molar-refractivity contribution in [1.29, 1.82) is 0 Å². The van der Waals surface area contributed by atoms with Crippen LogP contribution in [0.1, 0.15) is 39.5 Å². The molecule has 0 N–H and O–H groups in total. The average Bonchev–Trinajstić information content (AvgIpc) is 2.09. The Morgan fingerprint density at radius 2 is 2.00 bits per heavy atom. The van der Waals surface area contributed by atoms with Gasteiger partial charge in [0.25, 0.3) is 0 Å². The van der Waals surface area contributed by atoms with Gasteiger partial charge in [0.1, 0.15) is 0 Å². The molecule has 1 rings (SSSR count). The zero-order chi connectivity index (χ0) is 8.10. The molecule has 0 aromatic carbocycles. The Morgan fingerprint density at radius 1 is 1.27 bits per heavy atom. The van der Waals surface area contributed by atoms with E-state index in [9.17, 15) is 0 Å². The molecule has 1 aliphatic rings. The van der Waals surface area contributed by atoms with Crippen molar-refractivity contribution >= 4 is 7.92 Å². The molecule has 0 saturated heterocycles. The molecule has 0 nitrogen and oxygen atoms in total. The van der Waals surface area contributed by atoms with Gasteiger partial charge >= 0.3 is 0 Å². The van der Waals surface area contributed by atoms with Crippen LogP contribution in [-0.4, -0.2) is 12.3 Å². The molecule has 0 amide bonds. The van der Waals surface area contributed by atoms with E-state index in [2.05, 4.69) is 19.9 Å². The highest BCUT2D eigenvalue weighted by atomic mass is 31.1. The Hall–Kier alpha value is 0.170. The summed E-state index contributed by atoms with van der Waals surface area (Å²) in [5.41, 5.74) is 0. The second-order valence-electron chi connectivity index (χ2n) is 3.11. The lowest BCUT2D eigenvalue weighted by Crippen LogP contribution is -1.93. The molecular weight excluding hydrogens is 151 g/mol. The van der Waals surface area contributed by atoms with Gasteiger partial charge in [-0.25, -0.2) is 0 Å². The lowest BCUT2D eigenvalue weighted by Gasteiger charge is -2.20. The summed E-state index contributed by atoms with van der Waals surface area (Å²) in [6.45, 7) is 4.68. The van der Waals surface area contributed by atoms with Crippen molar-refractivity contribution in [3.05, 3.63) is 11.4 Å². The normalized spacial score (nSPS) is 18.6. The van der Waals surface area contributed by atoms with E-state index in [0.29, 0.717) is 0 Å². The first-order valence-electron chi connectivity index (χ1n) is 4.82. The first-order valence-corrected chi connectivity index (χ1v) is 6.53. The maximum atomic E-state index is 2.52.